The Morgan fingerprint density at radius 2 is 1.70 bits per heavy atom. The van der Waals surface area contributed by atoms with Gasteiger partial charge >= 0.3 is 22.9 Å². The lowest BCUT2D eigenvalue weighted by atomic mass is 10.1. The molecule has 0 amide bonds. The van der Waals surface area contributed by atoms with Gasteiger partial charge in [0.25, 0.3) is 0 Å². The van der Waals surface area contributed by atoms with Gasteiger partial charge in [-0.3, -0.25) is 19.7 Å². The maximum atomic E-state index is 11.6. The average molecular weight is 478 g/mol. The van der Waals surface area contributed by atoms with E-state index in [4.69, 9.17) is 0 Å². The summed E-state index contributed by atoms with van der Waals surface area (Å²) in [4.78, 5) is 46.5. The number of carbonyl (C=O) groups excluding carboxylic acids is 2. The van der Waals surface area contributed by atoms with Crippen molar-refractivity contribution in [2.75, 3.05) is 32.2 Å². The summed E-state index contributed by atoms with van der Waals surface area (Å²) in [5.41, 5.74) is 1.52. The second-order valence-corrected chi connectivity index (χ2v) is 7.68. The molecule has 2 rings (SSSR count). The van der Waals surface area contributed by atoms with Crippen molar-refractivity contribution >= 4 is 50.6 Å². The number of nitrogens with zero attached hydrogens (tertiary/aromatic N) is 4. The maximum absolute atomic E-state index is 11.6. The van der Waals surface area contributed by atoms with Gasteiger partial charge in [-0.05, 0) is 42.0 Å². The van der Waals surface area contributed by atoms with E-state index in [1.165, 1.54) is 14.2 Å². The predicted molar refractivity (Wildman–Crippen MR) is 119 cm³/mol. The Morgan fingerprint density at radius 3 is 2.18 bits per heavy atom. The topological polar surface area (TPSA) is 161 Å². The van der Waals surface area contributed by atoms with E-state index in [9.17, 15) is 29.6 Å². The number of anilines is 1. The third-order valence-corrected chi connectivity index (χ3v) is 5.50. The van der Waals surface area contributed by atoms with Crippen molar-refractivity contribution < 1.29 is 33.9 Å². The number of hydrogen-bond acceptors (Lipinski definition) is 11. The normalized spacial score (nSPS) is 10.8. The molecule has 1 aromatic heterocycles. The number of carboxylic acids is 1. The summed E-state index contributed by atoms with van der Waals surface area (Å²) in [7, 11) is 2.59. The van der Waals surface area contributed by atoms with Crippen LogP contribution in [0.3, 0.4) is 0 Å². The lowest BCUT2D eigenvalue weighted by molar-refractivity contribution is -0.380. The summed E-state index contributed by atoms with van der Waals surface area (Å²) >= 11 is 0.616. The number of benzene rings is 1. The first-order chi connectivity index (χ1) is 15.7. The number of rotatable bonds is 11. The zero-order valence-electron chi connectivity index (χ0n) is 18.1. The predicted octanol–water partition coefficient (Wildman–Crippen LogP) is 4.01. The number of esters is 2. The minimum absolute atomic E-state index is 0.0875. The zero-order valence-corrected chi connectivity index (χ0v) is 19.0. The summed E-state index contributed by atoms with van der Waals surface area (Å²) < 4.78 is 9.35. The highest BCUT2D eigenvalue weighted by Crippen LogP contribution is 2.37. The molecule has 0 bridgehead atoms. The number of ether oxygens (including phenoxy) is 2. The van der Waals surface area contributed by atoms with Crippen molar-refractivity contribution in [3.63, 3.8) is 0 Å². The first kappa shape index (κ1) is 25.4. The zero-order chi connectivity index (χ0) is 24.5. The number of carbonyl (C=O) groups is 3. The largest absolute Gasteiger partial charge is 0.478 e. The fourth-order valence-electron chi connectivity index (χ4n) is 2.76. The van der Waals surface area contributed by atoms with Gasteiger partial charge < -0.3 is 19.5 Å². The maximum Gasteiger partial charge on any atom is 0.339 e. The van der Waals surface area contributed by atoms with Crippen LogP contribution in [0.4, 0.5) is 21.4 Å². The van der Waals surface area contributed by atoms with E-state index in [1.54, 1.807) is 25.1 Å². The molecule has 0 unspecified atom stereocenters. The van der Waals surface area contributed by atoms with Crippen molar-refractivity contribution in [1.29, 1.82) is 0 Å². The molecular formula is C20H22N4O8S. The van der Waals surface area contributed by atoms with E-state index in [0.717, 1.165) is 11.8 Å². The summed E-state index contributed by atoms with van der Waals surface area (Å²) in [5.74, 6) is -2.12. The van der Waals surface area contributed by atoms with E-state index < -0.39 is 10.9 Å². The van der Waals surface area contributed by atoms with Crippen molar-refractivity contribution in [2.24, 2.45) is 10.2 Å². The molecule has 176 valence electrons. The Morgan fingerprint density at radius 1 is 1.09 bits per heavy atom. The molecule has 12 nitrogen and oxygen atoms in total. The van der Waals surface area contributed by atoms with Crippen LogP contribution >= 0.6 is 11.3 Å². The smallest absolute Gasteiger partial charge is 0.339 e. The fourth-order valence-corrected chi connectivity index (χ4v) is 3.55. The molecule has 0 aliphatic rings. The minimum atomic E-state index is -1.34. The summed E-state index contributed by atoms with van der Waals surface area (Å²) in [6.07, 6.45) is 0.237. The van der Waals surface area contributed by atoms with E-state index in [1.807, 2.05) is 4.90 Å². The SMILES string of the molecule is COC(=O)CCN(CCC(=O)OC)c1ccc(N=Nc2sc([N+](=O)[O-])cc2C(=O)O)c(C)c1. The second kappa shape index (κ2) is 11.7. The third kappa shape index (κ3) is 7.07. The minimum Gasteiger partial charge on any atom is -0.478 e. The van der Waals surface area contributed by atoms with E-state index >= 15 is 0 Å². The van der Waals surface area contributed by atoms with Crippen molar-refractivity contribution in [3.05, 3.63) is 45.5 Å². The molecule has 0 radical (unpaired) electrons. The molecule has 0 saturated carbocycles. The monoisotopic (exact) mass is 478 g/mol. The fraction of sp³-hybridized carbons (Fsp3) is 0.350. The Bertz CT molecular complexity index is 1060. The van der Waals surface area contributed by atoms with Crippen LogP contribution in [0.1, 0.15) is 28.8 Å². The van der Waals surface area contributed by atoms with Crippen molar-refractivity contribution in [3.8, 4) is 0 Å². The summed E-state index contributed by atoms with van der Waals surface area (Å²) in [6.45, 7) is 2.38. The molecule has 2 aromatic rings. The van der Waals surface area contributed by atoms with Gasteiger partial charge in [-0.25, -0.2) is 4.79 Å². The van der Waals surface area contributed by atoms with Gasteiger partial charge in [-0.15, -0.1) is 10.2 Å². The number of aryl methyl sites for hydroxylation is 1. The molecule has 33 heavy (non-hydrogen) atoms. The molecule has 0 atom stereocenters. The van der Waals surface area contributed by atoms with E-state index in [-0.39, 0.29) is 40.3 Å². The number of aromatic carboxylic acids is 1. The third-order valence-electron chi connectivity index (χ3n) is 4.53. The van der Waals surface area contributed by atoms with Crippen LogP contribution in [0.2, 0.25) is 0 Å². The molecule has 13 heteroatoms. The van der Waals surface area contributed by atoms with Gasteiger partial charge in [0.05, 0.1) is 37.7 Å². The lowest BCUT2D eigenvalue weighted by Gasteiger charge is -2.24. The van der Waals surface area contributed by atoms with Gasteiger partial charge in [0, 0.05) is 24.8 Å². The average Bonchev–Trinajstić information content (AvgIpc) is 3.22. The van der Waals surface area contributed by atoms with Crippen LogP contribution in [0, 0.1) is 17.0 Å². The Hall–Kier alpha value is -3.87. The highest BCUT2D eigenvalue weighted by Gasteiger charge is 2.21. The number of thiophene rings is 1. The van der Waals surface area contributed by atoms with Gasteiger partial charge in [-0.1, -0.05) is 0 Å². The second-order valence-electron chi connectivity index (χ2n) is 6.68. The van der Waals surface area contributed by atoms with Crippen LogP contribution in [0.5, 0.6) is 0 Å². The Labute approximate surface area is 192 Å². The summed E-state index contributed by atoms with van der Waals surface area (Å²) in [5, 5.41) is 27.7. The van der Waals surface area contributed by atoms with Gasteiger partial charge in [0.1, 0.15) is 5.56 Å². The quantitative estimate of drug-likeness (QED) is 0.218. The van der Waals surface area contributed by atoms with Crippen molar-refractivity contribution in [1.82, 2.24) is 0 Å². The molecule has 1 aromatic carbocycles. The molecule has 0 saturated heterocycles. The first-order valence-electron chi connectivity index (χ1n) is 9.58. The van der Waals surface area contributed by atoms with Gasteiger partial charge in [0.2, 0.25) is 0 Å². The number of nitro groups is 1. The molecule has 0 aliphatic heterocycles. The van der Waals surface area contributed by atoms with Crippen LogP contribution in [-0.4, -0.2) is 55.2 Å². The number of methoxy groups -OCH3 is 2. The highest BCUT2D eigenvalue weighted by molar-refractivity contribution is 7.19. The Kier molecular flexibility index (Phi) is 8.98. The van der Waals surface area contributed by atoms with Gasteiger partial charge in [0.15, 0.2) is 5.00 Å². The molecule has 0 aliphatic carbocycles. The van der Waals surface area contributed by atoms with Crippen LogP contribution in [-0.2, 0) is 19.1 Å². The first-order valence-corrected chi connectivity index (χ1v) is 10.4. The lowest BCUT2D eigenvalue weighted by Crippen LogP contribution is -2.29. The van der Waals surface area contributed by atoms with E-state index in [2.05, 4.69) is 19.7 Å². The molecular weight excluding hydrogens is 456 g/mol. The van der Waals surface area contributed by atoms with Crippen LogP contribution in [0.15, 0.2) is 34.5 Å². The number of carboxylic acid groups (broad SMARTS) is 1. The highest BCUT2D eigenvalue weighted by atomic mass is 32.1. The van der Waals surface area contributed by atoms with Crippen LogP contribution in [0.25, 0.3) is 0 Å². The number of hydrogen-bond donors (Lipinski definition) is 1. The van der Waals surface area contributed by atoms with E-state index in [0.29, 0.717) is 35.7 Å². The van der Waals surface area contributed by atoms with Crippen LogP contribution < -0.4 is 4.90 Å². The standard InChI is InChI=1S/C20H22N4O8S/c1-12-10-13(23(8-6-17(25)31-2)9-7-18(26)32-3)4-5-15(12)21-22-19-14(20(27)28)11-16(33-19)24(29)30/h4-5,10-11H,6-9H2,1-3H3,(H,27,28). The molecule has 1 heterocycles. The van der Waals surface area contributed by atoms with Gasteiger partial charge in [-0.2, -0.15) is 0 Å². The molecule has 1 N–H and O–H groups in total. The molecule has 0 fully saturated rings. The van der Waals surface area contributed by atoms with Crippen molar-refractivity contribution in [2.45, 2.75) is 19.8 Å². The molecule has 0 spiro atoms. The summed E-state index contributed by atoms with van der Waals surface area (Å²) in [6, 6.07) is 6.07. The number of azo groups is 1. The Balaban J connectivity index is 2.27.